The Kier molecular flexibility index (Phi) is 2.73. The van der Waals surface area contributed by atoms with Crippen molar-refractivity contribution in [3.05, 3.63) is 52.5 Å². The van der Waals surface area contributed by atoms with E-state index in [0.29, 0.717) is 0 Å². The molecule has 0 saturated heterocycles. The number of fused-ring (bicyclic) bond motifs is 1. The molecule has 0 amide bonds. The van der Waals surface area contributed by atoms with Gasteiger partial charge in [0.25, 0.3) is 0 Å². The fraction of sp³-hybridized carbons (Fsp3) is 0.0714. The normalized spacial score (nSPS) is 10.9. The van der Waals surface area contributed by atoms with Gasteiger partial charge >= 0.3 is 0 Å². The summed E-state index contributed by atoms with van der Waals surface area (Å²) in [5.74, 6) is 0. The first-order chi connectivity index (χ1) is 8.24. The van der Waals surface area contributed by atoms with Crippen LogP contribution in [0.5, 0.6) is 0 Å². The molecule has 0 saturated carbocycles. The lowest BCUT2D eigenvalue weighted by atomic mass is 10.1. The topological polar surface area (TPSA) is 12.9 Å². The lowest BCUT2D eigenvalue weighted by Crippen LogP contribution is -1.80. The lowest BCUT2D eigenvalue weighted by molar-refractivity contribution is 1.42. The van der Waals surface area contributed by atoms with E-state index in [9.17, 15) is 0 Å². The number of hydrogen-bond donors (Lipinski definition) is 0. The second-order valence-electron chi connectivity index (χ2n) is 3.97. The molecule has 0 atom stereocenters. The maximum absolute atomic E-state index is 4.67. The number of nitrogens with zero attached hydrogens (tertiary/aromatic N) is 1. The van der Waals surface area contributed by atoms with Gasteiger partial charge in [0, 0.05) is 10.0 Å². The van der Waals surface area contributed by atoms with E-state index in [4.69, 9.17) is 0 Å². The van der Waals surface area contributed by atoms with Crippen molar-refractivity contribution < 1.29 is 0 Å². The standard InChI is InChI=1S/C14H10BrNS/c1-9-6-7-11(15)10(8-9)14-16-12-4-2-3-5-13(12)17-14/h2-8H,1H3. The van der Waals surface area contributed by atoms with Crippen LogP contribution < -0.4 is 0 Å². The maximum Gasteiger partial charge on any atom is 0.125 e. The van der Waals surface area contributed by atoms with Crippen LogP contribution in [-0.4, -0.2) is 4.98 Å². The van der Waals surface area contributed by atoms with Crippen LogP contribution in [0.25, 0.3) is 20.8 Å². The number of hydrogen-bond acceptors (Lipinski definition) is 2. The average Bonchev–Trinajstić information content (AvgIpc) is 2.75. The minimum Gasteiger partial charge on any atom is -0.236 e. The molecule has 0 unspecified atom stereocenters. The average molecular weight is 304 g/mol. The van der Waals surface area contributed by atoms with Gasteiger partial charge < -0.3 is 0 Å². The van der Waals surface area contributed by atoms with E-state index >= 15 is 0 Å². The molecule has 0 radical (unpaired) electrons. The monoisotopic (exact) mass is 303 g/mol. The zero-order chi connectivity index (χ0) is 11.8. The molecule has 0 N–H and O–H groups in total. The molecule has 84 valence electrons. The van der Waals surface area contributed by atoms with E-state index in [2.05, 4.69) is 64.2 Å². The van der Waals surface area contributed by atoms with Crippen molar-refractivity contribution in [1.29, 1.82) is 0 Å². The highest BCUT2D eigenvalue weighted by Crippen LogP contribution is 2.34. The third-order valence-electron chi connectivity index (χ3n) is 2.65. The minimum absolute atomic E-state index is 1.07. The molecule has 1 heterocycles. The van der Waals surface area contributed by atoms with Gasteiger partial charge in [0.05, 0.1) is 10.2 Å². The molecule has 3 heteroatoms. The molecule has 1 nitrogen and oxygen atoms in total. The summed E-state index contributed by atoms with van der Waals surface area (Å²) in [6.45, 7) is 2.10. The van der Waals surface area contributed by atoms with Crippen molar-refractivity contribution in [3.63, 3.8) is 0 Å². The fourth-order valence-corrected chi connectivity index (χ4v) is 3.35. The predicted molar refractivity (Wildman–Crippen MR) is 77.5 cm³/mol. The number of aryl methyl sites for hydroxylation is 1. The van der Waals surface area contributed by atoms with Crippen LogP contribution >= 0.6 is 27.3 Å². The zero-order valence-corrected chi connectivity index (χ0v) is 11.7. The summed E-state index contributed by atoms with van der Waals surface area (Å²) >= 11 is 5.32. The van der Waals surface area contributed by atoms with E-state index in [-0.39, 0.29) is 0 Å². The van der Waals surface area contributed by atoms with E-state index in [1.54, 1.807) is 11.3 Å². The van der Waals surface area contributed by atoms with Crippen molar-refractivity contribution in [2.24, 2.45) is 0 Å². The van der Waals surface area contributed by atoms with Gasteiger partial charge in [0.2, 0.25) is 0 Å². The number of aromatic nitrogens is 1. The SMILES string of the molecule is Cc1ccc(Br)c(-c2nc3ccccc3s2)c1. The molecule has 3 rings (SSSR count). The van der Waals surface area contributed by atoms with Crippen molar-refractivity contribution in [2.75, 3.05) is 0 Å². The van der Waals surface area contributed by atoms with Crippen LogP contribution in [0.1, 0.15) is 5.56 Å². The molecule has 17 heavy (non-hydrogen) atoms. The Hall–Kier alpha value is -1.19. The van der Waals surface area contributed by atoms with Crippen molar-refractivity contribution in [3.8, 4) is 10.6 Å². The molecule has 2 aromatic carbocycles. The summed E-state index contributed by atoms with van der Waals surface area (Å²) in [6, 6.07) is 14.6. The van der Waals surface area contributed by atoms with Crippen LogP contribution in [0.3, 0.4) is 0 Å². The van der Waals surface area contributed by atoms with E-state index in [1.807, 2.05) is 6.07 Å². The Morgan fingerprint density at radius 2 is 1.94 bits per heavy atom. The molecule has 0 bridgehead atoms. The summed E-state index contributed by atoms with van der Waals surface area (Å²) in [7, 11) is 0. The molecule has 0 fully saturated rings. The highest BCUT2D eigenvalue weighted by atomic mass is 79.9. The van der Waals surface area contributed by atoms with Gasteiger partial charge in [-0.15, -0.1) is 11.3 Å². The Bertz CT molecular complexity index is 655. The number of thiazole rings is 1. The first-order valence-corrected chi connectivity index (χ1v) is 6.97. The Morgan fingerprint density at radius 1 is 1.12 bits per heavy atom. The molecule has 3 aromatic rings. The summed E-state index contributed by atoms with van der Waals surface area (Å²) in [5, 5.41) is 1.07. The molecule has 1 aromatic heterocycles. The minimum atomic E-state index is 1.07. The highest BCUT2D eigenvalue weighted by molar-refractivity contribution is 9.10. The lowest BCUT2D eigenvalue weighted by Gasteiger charge is -2.01. The largest absolute Gasteiger partial charge is 0.236 e. The second kappa shape index (κ2) is 4.24. The molecule has 0 aliphatic rings. The van der Waals surface area contributed by atoms with Crippen LogP contribution in [0.4, 0.5) is 0 Å². The number of rotatable bonds is 1. The number of halogens is 1. The van der Waals surface area contributed by atoms with Crippen LogP contribution in [0.2, 0.25) is 0 Å². The Morgan fingerprint density at radius 3 is 2.76 bits per heavy atom. The fourth-order valence-electron chi connectivity index (χ4n) is 1.79. The Labute approximate surface area is 112 Å². The van der Waals surface area contributed by atoms with Gasteiger partial charge in [-0.3, -0.25) is 0 Å². The molecule has 0 aliphatic carbocycles. The van der Waals surface area contributed by atoms with E-state index < -0.39 is 0 Å². The van der Waals surface area contributed by atoms with Crippen LogP contribution in [0, 0.1) is 6.92 Å². The van der Waals surface area contributed by atoms with Gasteiger partial charge in [0.1, 0.15) is 5.01 Å². The van der Waals surface area contributed by atoms with Crippen LogP contribution in [-0.2, 0) is 0 Å². The summed E-state index contributed by atoms with van der Waals surface area (Å²) in [6.07, 6.45) is 0. The van der Waals surface area contributed by atoms with E-state index in [1.165, 1.54) is 15.8 Å². The zero-order valence-electron chi connectivity index (χ0n) is 9.27. The molecular formula is C14H10BrNS. The first-order valence-electron chi connectivity index (χ1n) is 5.36. The number of benzene rings is 2. The second-order valence-corrected chi connectivity index (χ2v) is 5.86. The third-order valence-corrected chi connectivity index (χ3v) is 4.41. The van der Waals surface area contributed by atoms with Crippen LogP contribution in [0.15, 0.2) is 46.9 Å². The van der Waals surface area contributed by atoms with Gasteiger partial charge in [-0.05, 0) is 31.2 Å². The van der Waals surface area contributed by atoms with Crippen molar-refractivity contribution in [1.82, 2.24) is 4.98 Å². The summed E-state index contributed by atoms with van der Waals surface area (Å²) in [4.78, 5) is 4.67. The van der Waals surface area contributed by atoms with Gasteiger partial charge in [-0.25, -0.2) is 4.98 Å². The quantitative estimate of drug-likeness (QED) is 0.614. The van der Waals surface area contributed by atoms with Gasteiger partial charge in [-0.1, -0.05) is 39.7 Å². The Balaban J connectivity index is 2.23. The number of para-hydroxylation sites is 1. The first kappa shape index (κ1) is 10.9. The molecule has 0 spiro atoms. The molecule has 0 aliphatic heterocycles. The summed E-state index contributed by atoms with van der Waals surface area (Å²) in [5.41, 5.74) is 3.49. The van der Waals surface area contributed by atoms with E-state index in [0.717, 1.165) is 15.0 Å². The van der Waals surface area contributed by atoms with Gasteiger partial charge in [-0.2, -0.15) is 0 Å². The van der Waals surface area contributed by atoms with Crippen molar-refractivity contribution in [2.45, 2.75) is 6.92 Å². The third kappa shape index (κ3) is 2.01. The maximum atomic E-state index is 4.67. The molecular weight excluding hydrogens is 294 g/mol. The highest BCUT2D eigenvalue weighted by Gasteiger charge is 2.09. The summed E-state index contributed by atoms with van der Waals surface area (Å²) < 4.78 is 2.33. The van der Waals surface area contributed by atoms with Gasteiger partial charge in [0.15, 0.2) is 0 Å². The predicted octanol–water partition coefficient (Wildman–Crippen LogP) is 5.03. The smallest absolute Gasteiger partial charge is 0.125 e. The van der Waals surface area contributed by atoms with Crippen molar-refractivity contribution >= 4 is 37.5 Å².